The third-order valence-electron chi connectivity index (χ3n) is 3.07. The van der Waals surface area contributed by atoms with Crippen LogP contribution in [0.4, 0.5) is 5.69 Å². The molecule has 0 fully saturated rings. The Balaban J connectivity index is 2.38. The molecule has 1 aromatic carbocycles. The topological polar surface area (TPSA) is 104 Å². The zero-order valence-corrected chi connectivity index (χ0v) is 12.2. The normalized spacial score (nSPS) is 10.2. The van der Waals surface area contributed by atoms with E-state index >= 15 is 0 Å². The van der Waals surface area contributed by atoms with Crippen molar-refractivity contribution in [3.05, 3.63) is 46.6 Å². The van der Waals surface area contributed by atoms with E-state index < -0.39 is 0 Å². The molecule has 0 unspecified atom stereocenters. The smallest absolute Gasteiger partial charge is 0.177 e. The number of halogens is 1. The van der Waals surface area contributed by atoms with Crippen LogP contribution in [0.2, 0.25) is 0 Å². The molecule has 7 heteroatoms. The van der Waals surface area contributed by atoms with Crippen molar-refractivity contribution in [2.45, 2.75) is 0 Å². The molecular formula is C14H7BrN6. The summed E-state index contributed by atoms with van der Waals surface area (Å²) < 4.78 is 2.35. The third-order valence-corrected chi connectivity index (χ3v) is 3.50. The van der Waals surface area contributed by atoms with Crippen LogP contribution in [-0.2, 0) is 0 Å². The lowest BCUT2D eigenvalue weighted by Gasteiger charge is -2.09. The highest BCUT2D eigenvalue weighted by Gasteiger charge is 2.15. The van der Waals surface area contributed by atoms with Gasteiger partial charge in [-0.05, 0) is 34.1 Å². The monoisotopic (exact) mass is 338 g/mol. The Labute approximate surface area is 128 Å². The van der Waals surface area contributed by atoms with Gasteiger partial charge in [0.05, 0.1) is 11.2 Å². The molecule has 0 bridgehead atoms. The zero-order chi connectivity index (χ0) is 15.0. The van der Waals surface area contributed by atoms with E-state index in [4.69, 9.17) is 11.0 Å². The van der Waals surface area contributed by atoms with Crippen molar-refractivity contribution in [1.82, 2.24) is 14.5 Å². The number of nitriles is 2. The lowest BCUT2D eigenvalue weighted by atomic mass is 10.1. The van der Waals surface area contributed by atoms with Gasteiger partial charge in [-0.25, -0.2) is 4.98 Å². The quantitative estimate of drug-likeness (QED) is 0.686. The van der Waals surface area contributed by atoms with E-state index in [1.165, 1.54) is 6.33 Å². The first-order valence-corrected chi connectivity index (χ1v) is 6.66. The van der Waals surface area contributed by atoms with Gasteiger partial charge < -0.3 is 5.73 Å². The molecule has 0 aliphatic carbocycles. The summed E-state index contributed by atoms with van der Waals surface area (Å²) >= 11 is 3.36. The summed E-state index contributed by atoms with van der Waals surface area (Å²) in [6.45, 7) is 0. The van der Waals surface area contributed by atoms with Crippen LogP contribution in [0.3, 0.4) is 0 Å². The van der Waals surface area contributed by atoms with Crippen LogP contribution in [0, 0.1) is 22.7 Å². The number of nitrogens with two attached hydrogens (primary N) is 1. The molecule has 0 saturated heterocycles. The van der Waals surface area contributed by atoms with Crippen LogP contribution >= 0.6 is 15.9 Å². The van der Waals surface area contributed by atoms with E-state index in [0.717, 1.165) is 9.86 Å². The summed E-state index contributed by atoms with van der Waals surface area (Å²) in [5.74, 6) is 0. The van der Waals surface area contributed by atoms with E-state index in [2.05, 4.69) is 25.9 Å². The molecule has 6 nitrogen and oxygen atoms in total. The number of nitrogen functional groups attached to an aromatic ring is 1. The first-order valence-electron chi connectivity index (χ1n) is 5.87. The predicted octanol–water partition coefficient (Wildman–Crippen LogP) is 2.51. The van der Waals surface area contributed by atoms with Crippen molar-refractivity contribution in [1.29, 1.82) is 10.5 Å². The second-order valence-corrected chi connectivity index (χ2v) is 5.17. The third kappa shape index (κ3) is 2.00. The highest BCUT2D eigenvalue weighted by atomic mass is 79.9. The molecule has 21 heavy (non-hydrogen) atoms. The fourth-order valence-electron chi connectivity index (χ4n) is 2.11. The number of aromatic nitrogens is 3. The van der Waals surface area contributed by atoms with Crippen molar-refractivity contribution < 1.29 is 0 Å². The molecule has 100 valence electrons. The van der Waals surface area contributed by atoms with E-state index in [1.54, 1.807) is 22.9 Å². The van der Waals surface area contributed by atoms with Crippen LogP contribution < -0.4 is 5.73 Å². The molecule has 0 aliphatic rings. The van der Waals surface area contributed by atoms with Gasteiger partial charge in [0.15, 0.2) is 11.4 Å². The molecule has 0 spiro atoms. The van der Waals surface area contributed by atoms with Crippen LogP contribution in [0.5, 0.6) is 0 Å². The maximum atomic E-state index is 9.24. The zero-order valence-electron chi connectivity index (χ0n) is 10.6. The lowest BCUT2D eigenvalue weighted by Crippen LogP contribution is -2.00. The first-order chi connectivity index (χ1) is 10.2. The lowest BCUT2D eigenvalue weighted by molar-refractivity contribution is 1.04. The van der Waals surface area contributed by atoms with Crippen molar-refractivity contribution >= 4 is 32.5 Å². The number of hydrogen-bond donors (Lipinski definition) is 1. The number of pyridine rings is 1. The van der Waals surface area contributed by atoms with Gasteiger partial charge in [-0.15, -0.1) is 0 Å². The number of rotatable bonds is 1. The highest BCUT2D eigenvalue weighted by Crippen LogP contribution is 2.29. The summed E-state index contributed by atoms with van der Waals surface area (Å²) in [7, 11) is 0. The van der Waals surface area contributed by atoms with Gasteiger partial charge in [-0.1, -0.05) is 0 Å². The standard InChI is InChI=1S/C14H7BrN6/c15-8-3-9-10(18)1-2-12(14(9)19-6-8)21-7-20-11(4-16)13(21)5-17/h1-3,6-7H,18H2. The molecule has 2 N–H and O–H groups in total. The van der Waals surface area contributed by atoms with Crippen molar-refractivity contribution in [2.75, 3.05) is 5.73 Å². The minimum atomic E-state index is 0.0830. The van der Waals surface area contributed by atoms with E-state index in [9.17, 15) is 5.26 Å². The minimum absolute atomic E-state index is 0.0830. The van der Waals surface area contributed by atoms with Crippen LogP contribution in [0.15, 0.2) is 35.2 Å². The van der Waals surface area contributed by atoms with Crippen molar-refractivity contribution in [3.63, 3.8) is 0 Å². The molecule has 3 rings (SSSR count). The Hall–Kier alpha value is -2.90. The second kappa shape index (κ2) is 4.89. The van der Waals surface area contributed by atoms with Gasteiger partial charge in [-0.3, -0.25) is 9.55 Å². The van der Waals surface area contributed by atoms with E-state index in [0.29, 0.717) is 16.9 Å². The van der Waals surface area contributed by atoms with E-state index in [1.807, 2.05) is 18.2 Å². The average molecular weight is 339 g/mol. The summed E-state index contributed by atoms with van der Waals surface area (Å²) in [6, 6.07) is 9.24. The number of anilines is 1. The average Bonchev–Trinajstić information content (AvgIpc) is 2.91. The van der Waals surface area contributed by atoms with Gasteiger partial charge in [0.2, 0.25) is 0 Å². The molecule has 0 radical (unpaired) electrons. The Bertz CT molecular complexity index is 944. The summed E-state index contributed by atoms with van der Waals surface area (Å²) in [5.41, 5.74) is 8.10. The first kappa shape index (κ1) is 13.1. The maximum Gasteiger partial charge on any atom is 0.177 e. The molecule has 0 aliphatic heterocycles. The Morgan fingerprint density at radius 1 is 1.19 bits per heavy atom. The molecule has 3 aromatic rings. The Morgan fingerprint density at radius 2 is 2.00 bits per heavy atom. The Kier molecular flexibility index (Phi) is 3.05. The molecule has 0 saturated carbocycles. The van der Waals surface area contributed by atoms with Crippen molar-refractivity contribution in [2.24, 2.45) is 0 Å². The molecule has 2 heterocycles. The molecule has 0 amide bonds. The number of nitrogens with zero attached hydrogens (tertiary/aromatic N) is 5. The van der Waals surface area contributed by atoms with Gasteiger partial charge in [-0.2, -0.15) is 10.5 Å². The Morgan fingerprint density at radius 3 is 2.71 bits per heavy atom. The van der Waals surface area contributed by atoms with Crippen molar-refractivity contribution in [3.8, 4) is 17.8 Å². The number of benzene rings is 1. The number of imidazole rings is 1. The minimum Gasteiger partial charge on any atom is -0.398 e. The van der Waals surface area contributed by atoms with Crippen LogP contribution in [-0.4, -0.2) is 14.5 Å². The predicted molar refractivity (Wildman–Crippen MR) is 80.4 cm³/mol. The number of hydrogen-bond acceptors (Lipinski definition) is 5. The van der Waals surface area contributed by atoms with Gasteiger partial charge in [0.25, 0.3) is 0 Å². The highest BCUT2D eigenvalue weighted by molar-refractivity contribution is 9.10. The van der Waals surface area contributed by atoms with Gasteiger partial charge in [0, 0.05) is 21.7 Å². The van der Waals surface area contributed by atoms with Gasteiger partial charge in [0.1, 0.15) is 18.5 Å². The van der Waals surface area contributed by atoms with Crippen LogP contribution in [0.25, 0.3) is 16.6 Å². The largest absolute Gasteiger partial charge is 0.398 e. The fraction of sp³-hybridized carbons (Fsp3) is 0. The fourth-order valence-corrected chi connectivity index (χ4v) is 2.45. The second-order valence-electron chi connectivity index (χ2n) is 4.26. The summed E-state index contributed by atoms with van der Waals surface area (Å²) in [6.07, 6.45) is 3.09. The summed E-state index contributed by atoms with van der Waals surface area (Å²) in [5, 5.41) is 19.0. The number of fused-ring (bicyclic) bond motifs is 1. The molecule has 2 aromatic heterocycles. The SMILES string of the molecule is N#Cc1ncn(-c2ccc(N)c3cc(Br)cnc23)c1C#N. The molecule has 0 atom stereocenters. The maximum absolute atomic E-state index is 9.24. The molecular weight excluding hydrogens is 332 g/mol. The van der Waals surface area contributed by atoms with Gasteiger partial charge >= 0.3 is 0 Å². The van der Waals surface area contributed by atoms with E-state index in [-0.39, 0.29) is 11.4 Å². The van der Waals surface area contributed by atoms with Crippen LogP contribution in [0.1, 0.15) is 11.4 Å². The summed E-state index contributed by atoms with van der Waals surface area (Å²) in [4.78, 5) is 8.30.